The molecule has 6 rings (SSSR count). The van der Waals surface area contributed by atoms with Gasteiger partial charge in [0, 0.05) is 30.4 Å². The molecular weight excluding hydrogens is 447 g/mol. The molecule has 5 aromatic rings. The Morgan fingerprint density at radius 1 is 0.943 bits per heavy atom. The predicted octanol–water partition coefficient (Wildman–Crippen LogP) is 4.09. The molecule has 0 saturated carbocycles. The van der Waals surface area contributed by atoms with Crippen molar-refractivity contribution in [1.82, 2.24) is 29.6 Å². The summed E-state index contributed by atoms with van der Waals surface area (Å²) in [5.74, 6) is 0.331. The molecule has 0 spiro atoms. The second kappa shape index (κ2) is 8.77. The molecule has 1 N–H and O–H groups in total. The van der Waals surface area contributed by atoms with Crippen LogP contribution in [0, 0.1) is 5.82 Å². The van der Waals surface area contributed by atoms with Gasteiger partial charge in [-0.1, -0.05) is 6.07 Å². The second-order valence-electron chi connectivity index (χ2n) is 8.29. The van der Waals surface area contributed by atoms with Gasteiger partial charge in [0.25, 0.3) is 5.91 Å². The Morgan fingerprint density at radius 2 is 1.74 bits per heavy atom. The van der Waals surface area contributed by atoms with Crippen LogP contribution in [0.3, 0.4) is 0 Å². The highest BCUT2D eigenvalue weighted by atomic mass is 19.1. The van der Waals surface area contributed by atoms with Crippen molar-refractivity contribution in [3.8, 4) is 28.2 Å². The fourth-order valence-electron chi connectivity index (χ4n) is 4.30. The molecule has 9 heteroatoms. The van der Waals surface area contributed by atoms with Crippen LogP contribution in [0.4, 0.5) is 4.39 Å². The summed E-state index contributed by atoms with van der Waals surface area (Å²) in [5, 5.41) is 7.23. The molecule has 1 fully saturated rings. The number of fused-ring (bicyclic) bond motifs is 1. The van der Waals surface area contributed by atoms with E-state index in [-0.39, 0.29) is 11.7 Å². The first-order valence-corrected chi connectivity index (χ1v) is 11.3. The summed E-state index contributed by atoms with van der Waals surface area (Å²) in [5.41, 5.74) is 5.71. The minimum absolute atomic E-state index is 0.0431. The number of hydrogen-bond donors (Lipinski definition) is 1. The molecule has 0 bridgehead atoms. The van der Waals surface area contributed by atoms with Crippen molar-refractivity contribution in [3.05, 3.63) is 84.7 Å². The number of carbonyl (C=O) groups excluding carboxylic acids is 1. The van der Waals surface area contributed by atoms with Crippen LogP contribution >= 0.6 is 0 Å². The molecule has 8 nitrogen and oxygen atoms in total. The van der Waals surface area contributed by atoms with Crippen LogP contribution in [0.25, 0.3) is 39.2 Å². The SMILES string of the molecule is O=C(c1ccc(-n2cnc3ccc(-c4cn[nH]c4-c4ccc(F)cc4)cc32)nc1)N1CCOCC1. The number of rotatable bonds is 4. The molecule has 1 saturated heterocycles. The van der Waals surface area contributed by atoms with Gasteiger partial charge in [0.2, 0.25) is 0 Å². The predicted molar refractivity (Wildman–Crippen MR) is 129 cm³/mol. The van der Waals surface area contributed by atoms with Crippen LogP contribution in [0.1, 0.15) is 10.4 Å². The Labute approximate surface area is 200 Å². The largest absolute Gasteiger partial charge is 0.378 e. The van der Waals surface area contributed by atoms with Crippen LogP contribution in [0.2, 0.25) is 0 Å². The molecule has 3 aromatic heterocycles. The molecule has 1 aliphatic rings. The fraction of sp³-hybridized carbons (Fsp3) is 0.154. The standard InChI is InChI=1S/C26H21FN6O2/c27-20-5-1-17(2-6-20)25-21(15-30-31-25)18-3-7-22-23(13-18)33(16-29-22)24-8-4-19(14-28-24)26(34)32-9-11-35-12-10-32/h1-8,13-16H,9-12H2,(H,30,31). The molecule has 0 unspecified atom stereocenters. The topological polar surface area (TPSA) is 88.9 Å². The van der Waals surface area contributed by atoms with Gasteiger partial charge in [-0.15, -0.1) is 0 Å². The highest BCUT2D eigenvalue weighted by molar-refractivity contribution is 5.94. The quantitative estimate of drug-likeness (QED) is 0.429. The van der Waals surface area contributed by atoms with Gasteiger partial charge in [-0.25, -0.2) is 14.4 Å². The molecule has 1 amide bonds. The fourth-order valence-corrected chi connectivity index (χ4v) is 4.30. The zero-order chi connectivity index (χ0) is 23.8. The van der Waals surface area contributed by atoms with E-state index in [1.54, 1.807) is 41.8 Å². The number of nitrogens with zero attached hydrogens (tertiary/aromatic N) is 5. The van der Waals surface area contributed by atoms with Crippen molar-refractivity contribution >= 4 is 16.9 Å². The lowest BCUT2D eigenvalue weighted by molar-refractivity contribution is 0.0302. The van der Waals surface area contributed by atoms with Gasteiger partial charge in [0.05, 0.1) is 41.7 Å². The van der Waals surface area contributed by atoms with Crippen molar-refractivity contribution < 1.29 is 13.9 Å². The van der Waals surface area contributed by atoms with E-state index < -0.39 is 0 Å². The lowest BCUT2D eigenvalue weighted by Gasteiger charge is -2.26. The van der Waals surface area contributed by atoms with Crippen LogP contribution in [0.15, 0.2) is 73.3 Å². The molecule has 35 heavy (non-hydrogen) atoms. The molecule has 2 aromatic carbocycles. The van der Waals surface area contributed by atoms with Crippen molar-refractivity contribution in [3.63, 3.8) is 0 Å². The van der Waals surface area contributed by atoms with Gasteiger partial charge in [-0.05, 0) is 54.1 Å². The number of hydrogen-bond acceptors (Lipinski definition) is 5. The highest BCUT2D eigenvalue weighted by Gasteiger charge is 2.19. The van der Waals surface area contributed by atoms with Crippen LogP contribution < -0.4 is 0 Å². The number of amides is 1. The summed E-state index contributed by atoms with van der Waals surface area (Å²) in [7, 11) is 0. The Bertz CT molecular complexity index is 1500. The van der Waals surface area contributed by atoms with E-state index in [0.717, 1.165) is 33.4 Å². The zero-order valence-corrected chi connectivity index (χ0v) is 18.7. The van der Waals surface area contributed by atoms with Crippen molar-refractivity contribution in [1.29, 1.82) is 0 Å². The maximum atomic E-state index is 13.4. The maximum Gasteiger partial charge on any atom is 0.255 e. The van der Waals surface area contributed by atoms with Crippen molar-refractivity contribution in [2.45, 2.75) is 0 Å². The number of H-pyrrole nitrogens is 1. The Hall–Kier alpha value is -4.37. The summed E-state index contributed by atoms with van der Waals surface area (Å²) in [6.45, 7) is 2.28. The summed E-state index contributed by atoms with van der Waals surface area (Å²) in [6.07, 6.45) is 5.08. The van der Waals surface area contributed by atoms with Gasteiger partial charge in [-0.3, -0.25) is 14.5 Å². The van der Waals surface area contributed by atoms with Gasteiger partial charge in [0.15, 0.2) is 0 Å². The summed E-state index contributed by atoms with van der Waals surface area (Å²) in [4.78, 5) is 23.6. The van der Waals surface area contributed by atoms with Crippen LogP contribution in [-0.2, 0) is 4.74 Å². The first kappa shape index (κ1) is 21.2. The van der Waals surface area contributed by atoms with Crippen LogP contribution in [0.5, 0.6) is 0 Å². The third-order valence-electron chi connectivity index (χ3n) is 6.17. The monoisotopic (exact) mass is 468 g/mol. The van der Waals surface area contributed by atoms with Gasteiger partial charge in [-0.2, -0.15) is 5.10 Å². The van der Waals surface area contributed by atoms with Gasteiger partial charge >= 0.3 is 0 Å². The third-order valence-corrected chi connectivity index (χ3v) is 6.17. The number of carbonyl (C=O) groups is 1. The average Bonchev–Trinajstić information content (AvgIpc) is 3.57. The van der Waals surface area contributed by atoms with E-state index >= 15 is 0 Å². The number of nitrogens with one attached hydrogen (secondary N) is 1. The number of ether oxygens (including phenoxy) is 1. The molecule has 0 aliphatic carbocycles. The molecule has 0 radical (unpaired) electrons. The number of aromatic nitrogens is 5. The lowest BCUT2D eigenvalue weighted by Crippen LogP contribution is -2.40. The first-order chi connectivity index (χ1) is 17.2. The summed E-state index contributed by atoms with van der Waals surface area (Å²) >= 11 is 0. The number of halogens is 1. The van der Waals surface area contributed by atoms with Gasteiger partial charge < -0.3 is 9.64 Å². The molecule has 0 atom stereocenters. The maximum absolute atomic E-state index is 13.4. The summed E-state index contributed by atoms with van der Waals surface area (Å²) < 4.78 is 20.6. The minimum Gasteiger partial charge on any atom is -0.378 e. The van der Waals surface area contributed by atoms with E-state index in [9.17, 15) is 9.18 Å². The highest BCUT2D eigenvalue weighted by Crippen LogP contribution is 2.32. The molecule has 4 heterocycles. The number of imidazole rings is 1. The van der Waals surface area contributed by atoms with Crippen molar-refractivity contribution in [2.24, 2.45) is 0 Å². The normalized spacial score (nSPS) is 13.9. The van der Waals surface area contributed by atoms with E-state index in [1.165, 1.54) is 12.1 Å². The van der Waals surface area contributed by atoms with Gasteiger partial charge in [0.1, 0.15) is 18.0 Å². The van der Waals surface area contributed by atoms with E-state index in [4.69, 9.17) is 4.74 Å². The van der Waals surface area contributed by atoms with E-state index in [2.05, 4.69) is 20.2 Å². The van der Waals surface area contributed by atoms with Crippen molar-refractivity contribution in [2.75, 3.05) is 26.3 Å². The second-order valence-corrected chi connectivity index (χ2v) is 8.29. The first-order valence-electron chi connectivity index (χ1n) is 11.3. The minimum atomic E-state index is -0.287. The Morgan fingerprint density at radius 3 is 2.51 bits per heavy atom. The smallest absolute Gasteiger partial charge is 0.255 e. The number of pyridine rings is 1. The number of morpholine rings is 1. The van der Waals surface area contributed by atoms with Crippen LogP contribution in [-0.4, -0.2) is 61.8 Å². The third kappa shape index (κ3) is 3.95. The summed E-state index contributed by atoms with van der Waals surface area (Å²) in [6, 6.07) is 15.9. The molecule has 1 aliphatic heterocycles. The average molecular weight is 468 g/mol. The lowest BCUT2D eigenvalue weighted by atomic mass is 10.0. The van der Waals surface area contributed by atoms with E-state index in [1.807, 2.05) is 28.8 Å². The molecular formula is C26H21FN6O2. The number of benzene rings is 2. The zero-order valence-electron chi connectivity index (χ0n) is 18.7. The number of aromatic amines is 1. The molecule has 174 valence electrons. The Balaban J connectivity index is 1.33. The Kier molecular flexibility index (Phi) is 5.31. The van der Waals surface area contributed by atoms with E-state index in [0.29, 0.717) is 37.7 Å².